The van der Waals surface area contributed by atoms with Crippen molar-refractivity contribution in [3.05, 3.63) is 18.0 Å². The van der Waals surface area contributed by atoms with Gasteiger partial charge in [-0.2, -0.15) is 0 Å². The van der Waals surface area contributed by atoms with E-state index in [0.29, 0.717) is 0 Å². The fourth-order valence-electron chi connectivity index (χ4n) is 2.61. The molecule has 2 fully saturated rings. The molecule has 15 heavy (non-hydrogen) atoms. The smallest absolute Gasteiger partial charge is 0.225 e. The van der Waals surface area contributed by atoms with Crippen LogP contribution in [0.15, 0.2) is 12.3 Å². The van der Waals surface area contributed by atoms with Crippen molar-refractivity contribution in [1.29, 1.82) is 0 Å². The van der Waals surface area contributed by atoms with Crippen molar-refractivity contribution in [3.8, 4) is 0 Å². The molecule has 0 aliphatic carbocycles. The second-order valence-corrected chi connectivity index (χ2v) is 4.58. The van der Waals surface area contributed by atoms with Gasteiger partial charge in [0.15, 0.2) is 0 Å². The van der Waals surface area contributed by atoms with Gasteiger partial charge in [0.25, 0.3) is 0 Å². The van der Waals surface area contributed by atoms with Crippen LogP contribution in [0.4, 0.5) is 5.95 Å². The van der Waals surface area contributed by atoms with Crippen molar-refractivity contribution in [3.63, 3.8) is 0 Å². The molecule has 4 nitrogen and oxygen atoms in total. The van der Waals surface area contributed by atoms with Crippen molar-refractivity contribution >= 4 is 5.95 Å². The second kappa shape index (κ2) is 3.45. The Bertz CT molecular complexity index is 353. The van der Waals surface area contributed by atoms with Crippen molar-refractivity contribution in [2.75, 3.05) is 31.1 Å². The molecule has 2 aliphatic rings. The van der Waals surface area contributed by atoms with Crippen LogP contribution >= 0.6 is 0 Å². The Morgan fingerprint density at radius 1 is 1.33 bits per heavy atom. The number of nitrogens with zero attached hydrogens (tertiary/aromatic N) is 3. The van der Waals surface area contributed by atoms with Gasteiger partial charge in [0.05, 0.1) is 0 Å². The molecule has 0 aromatic carbocycles. The van der Waals surface area contributed by atoms with E-state index in [1.807, 2.05) is 19.2 Å². The Hall–Kier alpha value is -1.16. The van der Waals surface area contributed by atoms with Gasteiger partial charge in [0, 0.05) is 38.1 Å². The van der Waals surface area contributed by atoms with Crippen LogP contribution in [-0.2, 0) is 0 Å². The summed E-state index contributed by atoms with van der Waals surface area (Å²) in [4.78, 5) is 11.1. The Balaban J connectivity index is 1.79. The lowest BCUT2D eigenvalue weighted by atomic mass is 10.0. The van der Waals surface area contributed by atoms with Crippen LogP contribution in [0, 0.1) is 18.8 Å². The van der Waals surface area contributed by atoms with Crippen molar-refractivity contribution in [2.24, 2.45) is 11.8 Å². The molecule has 0 saturated carbocycles. The molecule has 0 spiro atoms. The maximum absolute atomic E-state index is 4.48. The second-order valence-electron chi connectivity index (χ2n) is 4.58. The van der Waals surface area contributed by atoms with E-state index in [2.05, 4.69) is 20.2 Å². The van der Waals surface area contributed by atoms with Gasteiger partial charge in [-0.25, -0.2) is 9.97 Å². The first-order chi connectivity index (χ1) is 7.33. The van der Waals surface area contributed by atoms with Crippen LogP contribution in [0.1, 0.15) is 5.69 Å². The number of rotatable bonds is 1. The van der Waals surface area contributed by atoms with E-state index < -0.39 is 0 Å². The molecular weight excluding hydrogens is 188 g/mol. The molecule has 3 heterocycles. The molecule has 0 radical (unpaired) electrons. The van der Waals surface area contributed by atoms with Gasteiger partial charge in [-0.15, -0.1) is 0 Å². The molecular formula is C11H16N4. The quantitative estimate of drug-likeness (QED) is 0.720. The summed E-state index contributed by atoms with van der Waals surface area (Å²) in [5.74, 6) is 2.51. The van der Waals surface area contributed by atoms with E-state index in [9.17, 15) is 0 Å². The molecule has 4 heteroatoms. The normalized spacial score (nSPS) is 29.5. The summed E-state index contributed by atoms with van der Waals surface area (Å²) in [6.45, 7) is 6.56. The highest BCUT2D eigenvalue weighted by molar-refractivity contribution is 5.33. The lowest BCUT2D eigenvalue weighted by molar-refractivity contribution is 0.533. The number of anilines is 1. The number of fused-ring (bicyclic) bond motifs is 1. The van der Waals surface area contributed by atoms with Crippen LogP contribution in [0.2, 0.25) is 0 Å². The van der Waals surface area contributed by atoms with E-state index in [-0.39, 0.29) is 0 Å². The fourth-order valence-corrected chi connectivity index (χ4v) is 2.61. The lowest BCUT2D eigenvalue weighted by Gasteiger charge is -2.17. The summed E-state index contributed by atoms with van der Waals surface area (Å²) < 4.78 is 0. The van der Waals surface area contributed by atoms with Crippen molar-refractivity contribution in [1.82, 2.24) is 15.3 Å². The summed E-state index contributed by atoms with van der Waals surface area (Å²) >= 11 is 0. The molecule has 2 atom stereocenters. The average Bonchev–Trinajstić information content (AvgIpc) is 2.76. The first-order valence-electron chi connectivity index (χ1n) is 5.58. The third-order valence-corrected chi connectivity index (χ3v) is 3.45. The predicted molar refractivity (Wildman–Crippen MR) is 58.8 cm³/mol. The first-order valence-corrected chi connectivity index (χ1v) is 5.58. The van der Waals surface area contributed by atoms with Crippen molar-refractivity contribution in [2.45, 2.75) is 6.92 Å². The third-order valence-electron chi connectivity index (χ3n) is 3.45. The highest BCUT2D eigenvalue weighted by Crippen LogP contribution is 2.28. The number of hydrogen-bond donors (Lipinski definition) is 1. The molecule has 2 saturated heterocycles. The van der Waals surface area contributed by atoms with E-state index in [1.165, 1.54) is 0 Å². The molecule has 0 amide bonds. The largest absolute Gasteiger partial charge is 0.340 e. The number of nitrogens with one attached hydrogen (secondary N) is 1. The van der Waals surface area contributed by atoms with Crippen LogP contribution in [0.25, 0.3) is 0 Å². The van der Waals surface area contributed by atoms with Gasteiger partial charge in [-0.05, 0) is 24.8 Å². The maximum atomic E-state index is 4.48. The summed E-state index contributed by atoms with van der Waals surface area (Å²) in [6.07, 6.45) is 1.85. The molecule has 1 aromatic rings. The molecule has 80 valence electrons. The molecule has 1 aromatic heterocycles. The predicted octanol–water partition coefficient (Wildman–Crippen LogP) is 0.441. The Morgan fingerprint density at radius 3 is 2.73 bits per heavy atom. The zero-order valence-electron chi connectivity index (χ0n) is 8.98. The topological polar surface area (TPSA) is 41.1 Å². The molecule has 3 rings (SSSR count). The van der Waals surface area contributed by atoms with Gasteiger partial charge >= 0.3 is 0 Å². The first kappa shape index (κ1) is 9.09. The van der Waals surface area contributed by atoms with E-state index in [4.69, 9.17) is 0 Å². The molecule has 1 N–H and O–H groups in total. The molecule has 0 bridgehead atoms. The monoisotopic (exact) mass is 204 g/mol. The minimum absolute atomic E-state index is 0.800. The van der Waals surface area contributed by atoms with Gasteiger partial charge < -0.3 is 10.2 Å². The van der Waals surface area contributed by atoms with E-state index in [0.717, 1.165) is 49.7 Å². The minimum atomic E-state index is 0.800. The molecule has 2 aliphatic heterocycles. The summed E-state index contributed by atoms with van der Waals surface area (Å²) in [7, 11) is 0. The van der Waals surface area contributed by atoms with Gasteiger partial charge in [-0.3, -0.25) is 0 Å². The molecule has 2 unspecified atom stereocenters. The average molecular weight is 204 g/mol. The number of aromatic nitrogens is 2. The number of hydrogen-bond acceptors (Lipinski definition) is 4. The van der Waals surface area contributed by atoms with E-state index in [1.54, 1.807) is 0 Å². The minimum Gasteiger partial charge on any atom is -0.340 e. The van der Waals surface area contributed by atoms with Gasteiger partial charge in [0.1, 0.15) is 0 Å². The Morgan fingerprint density at radius 2 is 2.07 bits per heavy atom. The summed E-state index contributed by atoms with van der Waals surface area (Å²) in [6, 6.07) is 1.95. The number of aryl methyl sites for hydroxylation is 1. The van der Waals surface area contributed by atoms with Crippen LogP contribution in [-0.4, -0.2) is 36.1 Å². The fraction of sp³-hybridized carbons (Fsp3) is 0.636. The Labute approximate surface area is 89.7 Å². The van der Waals surface area contributed by atoms with Crippen LogP contribution in [0.5, 0.6) is 0 Å². The van der Waals surface area contributed by atoms with Crippen molar-refractivity contribution < 1.29 is 0 Å². The lowest BCUT2D eigenvalue weighted by Crippen LogP contribution is -2.27. The highest BCUT2D eigenvalue weighted by Gasteiger charge is 2.36. The standard InChI is InChI=1S/C11H16N4/c1-8-2-3-13-11(14-8)15-6-9-4-12-5-10(9)7-15/h2-3,9-10,12H,4-7H2,1H3. The maximum Gasteiger partial charge on any atom is 0.225 e. The van der Waals surface area contributed by atoms with Gasteiger partial charge in [0.2, 0.25) is 5.95 Å². The zero-order valence-corrected chi connectivity index (χ0v) is 8.98. The summed E-state index contributed by atoms with van der Waals surface area (Å²) in [5.41, 5.74) is 1.05. The van der Waals surface area contributed by atoms with Gasteiger partial charge in [-0.1, -0.05) is 0 Å². The third kappa shape index (κ3) is 1.59. The van der Waals surface area contributed by atoms with Crippen LogP contribution in [0.3, 0.4) is 0 Å². The summed E-state index contributed by atoms with van der Waals surface area (Å²) in [5, 5.41) is 3.44. The van der Waals surface area contributed by atoms with Crippen LogP contribution < -0.4 is 10.2 Å². The van der Waals surface area contributed by atoms with E-state index >= 15 is 0 Å². The highest BCUT2D eigenvalue weighted by atomic mass is 15.3. The zero-order chi connectivity index (χ0) is 10.3. The Kier molecular flexibility index (Phi) is 2.09. The SMILES string of the molecule is Cc1ccnc(N2CC3CNCC3C2)n1.